The van der Waals surface area contributed by atoms with Crippen molar-refractivity contribution in [3.8, 4) is 0 Å². The van der Waals surface area contributed by atoms with Gasteiger partial charge in [0.05, 0.1) is 10.6 Å². The average Bonchev–Trinajstić information content (AvgIpc) is 2.73. The molecule has 29 heavy (non-hydrogen) atoms. The lowest BCUT2D eigenvalue weighted by Crippen LogP contribution is -2.49. The molecule has 0 saturated carbocycles. The summed E-state index contributed by atoms with van der Waals surface area (Å²) < 4.78 is 40.0. The molecule has 3 rings (SSSR count). The standard InChI is InChI=1S/C20H24FN3O3S2/c1-28-19-8-3-2-7-18(19)22-20(25)9-10-23-11-13-24(14-12-23)29(26,27)17-6-4-5-16(21)15-17/h2-8,15H,9-14H2,1H3,(H,22,25). The van der Waals surface area contributed by atoms with Crippen molar-refractivity contribution < 1.29 is 17.6 Å². The molecular formula is C20H24FN3O3S2. The van der Waals surface area contributed by atoms with E-state index < -0.39 is 15.8 Å². The van der Waals surface area contributed by atoms with Crippen molar-refractivity contribution in [1.82, 2.24) is 9.21 Å². The third kappa shape index (κ3) is 5.57. The number of sulfonamides is 1. The normalized spacial score (nSPS) is 15.9. The fourth-order valence-electron chi connectivity index (χ4n) is 3.19. The van der Waals surface area contributed by atoms with E-state index in [0.717, 1.165) is 16.6 Å². The van der Waals surface area contributed by atoms with E-state index in [4.69, 9.17) is 0 Å². The Labute approximate surface area is 175 Å². The van der Waals surface area contributed by atoms with E-state index in [9.17, 15) is 17.6 Å². The van der Waals surface area contributed by atoms with E-state index in [1.54, 1.807) is 11.8 Å². The van der Waals surface area contributed by atoms with Gasteiger partial charge in [0.15, 0.2) is 0 Å². The molecule has 2 aromatic carbocycles. The van der Waals surface area contributed by atoms with E-state index in [0.29, 0.717) is 39.1 Å². The maximum absolute atomic E-state index is 13.4. The Bertz CT molecular complexity index is 961. The summed E-state index contributed by atoms with van der Waals surface area (Å²) in [6.45, 7) is 2.25. The number of hydrogen-bond acceptors (Lipinski definition) is 5. The molecule has 1 amide bonds. The Kier molecular flexibility index (Phi) is 7.28. The van der Waals surface area contributed by atoms with E-state index >= 15 is 0 Å². The van der Waals surface area contributed by atoms with Crippen LogP contribution in [0.25, 0.3) is 0 Å². The second kappa shape index (κ2) is 9.71. The molecule has 156 valence electrons. The molecule has 1 aliphatic rings. The number of piperazine rings is 1. The molecule has 0 aliphatic carbocycles. The number of carbonyl (C=O) groups excluding carboxylic acids is 1. The molecule has 1 fully saturated rings. The number of anilines is 1. The molecule has 0 bridgehead atoms. The molecule has 1 N–H and O–H groups in total. The predicted molar refractivity (Wildman–Crippen MR) is 113 cm³/mol. The molecule has 0 unspecified atom stereocenters. The van der Waals surface area contributed by atoms with Gasteiger partial charge in [-0.15, -0.1) is 11.8 Å². The van der Waals surface area contributed by atoms with Crippen LogP contribution in [0, 0.1) is 5.82 Å². The zero-order valence-corrected chi connectivity index (χ0v) is 17.8. The lowest BCUT2D eigenvalue weighted by Gasteiger charge is -2.33. The van der Waals surface area contributed by atoms with Gasteiger partial charge < -0.3 is 10.2 Å². The van der Waals surface area contributed by atoms with Crippen LogP contribution in [0.5, 0.6) is 0 Å². The summed E-state index contributed by atoms with van der Waals surface area (Å²) in [7, 11) is -3.70. The maximum Gasteiger partial charge on any atom is 0.243 e. The van der Waals surface area contributed by atoms with Crippen molar-refractivity contribution in [3.63, 3.8) is 0 Å². The van der Waals surface area contributed by atoms with E-state index in [-0.39, 0.29) is 10.8 Å². The van der Waals surface area contributed by atoms with Crippen LogP contribution in [0.4, 0.5) is 10.1 Å². The number of para-hydroxylation sites is 1. The highest BCUT2D eigenvalue weighted by atomic mass is 32.2. The number of nitrogens with one attached hydrogen (secondary N) is 1. The van der Waals surface area contributed by atoms with Gasteiger partial charge in [0, 0.05) is 44.0 Å². The second-order valence-corrected chi connectivity index (χ2v) is 9.49. The number of benzene rings is 2. The van der Waals surface area contributed by atoms with Crippen molar-refractivity contribution in [1.29, 1.82) is 0 Å². The van der Waals surface area contributed by atoms with Crippen molar-refractivity contribution in [3.05, 3.63) is 54.3 Å². The summed E-state index contributed by atoms with van der Waals surface area (Å²) in [5.41, 5.74) is 0.802. The van der Waals surface area contributed by atoms with Crippen molar-refractivity contribution in [2.24, 2.45) is 0 Å². The first-order chi connectivity index (χ1) is 13.9. The quantitative estimate of drug-likeness (QED) is 0.675. The molecular weight excluding hydrogens is 413 g/mol. The first-order valence-corrected chi connectivity index (χ1v) is 12.0. The van der Waals surface area contributed by atoms with Gasteiger partial charge >= 0.3 is 0 Å². The monoisotopic (exact) mass is 437 g/mol. The van der Waals surface area contributed by atoms with Crippen LogP contribution in [0.2, 0.25) is 0 Å². The third-order valence-electron chi connectivity index (χ3n) is 4.80. The summed E-state index contributed by atoms with van der Waals surface area (Å²) in [4.78, 5) is 15.3. The van der Waals surface area contributed by atoms with Crippen molar-refractivity contribution in [2.45, 2.75) is 16.2 Å². The highest BCUT2D eigenvalue weighted by Crippen LogP contribution is 2.24. The van der Waals surface area contributed by atoms with Gasteiger partial charge in [-0.05, 0) is 36.6 Å². The first-order valence-electron chi connectivity index (χ1n) is 9.31. The number of carbonyl (C=O) groups is 1. The summed E-state index contributed by atoms with van der Waals surface area (Å²) in [5.74, 6) is -0.639. The number of thioether (sulfide) groups is 1. The smallest absolute Gasteiger partial charge is 0.243 e. The Morgan fingerprint density at radius 3 is 2.52 bits per heavy atom. The number of rotatable bonds is 7. The van der Waals surface area contributed by atoms with Gasteiger partial charge in [-0.1, -0.05) is 18.2 Å². The van der Waals surface area contributed by atoms with Crippen molar-refractivity contribution in [2.75, 3.05) is 44.3 Å². The Morgan fingerprint density at radius 1 is 1.10 bits per heavy atom. The van der Waals surface area contributed by atoms with Crippen LogP contribution in [-0.4, -0.2) is 62.5 Å². The fraction of sp³-hybridized carbons (Fsp3) is 0.350. The van der Waals surface area contributed by atoms with Gasteiger partial charge in [-0.2, -0.15) is 4.31 Å². The van der Waals surface area contributed by atoms with Crippen LogP contribution in [0.1, 0.15) is 6.42 Å². The Hall–Kier alpha value is -1.94. The number of hydrogen-bond donors (Lipinski definition) is 1. The molecule has 1 heterocycles. The fourth-order valence-corrected chi connectivity index (χ4v) is 5.20. The van der Waals surface area contributed by atoms with Gasteiger partial charge in [-0.25, -0.2) is 12.8 Å². The van der Waals surface area contributed by atoms with Crippen LogP contribution in [-0.2, 0) is 14.8 Å². The summed E-state index contributed by atoms with van der Waals surface area (Å²) in [6.07, 6.45) is 2.29. The van der Waals surface area contributed by atoms with Gasteiger partial charge in [-0.3, -0.25) is 4.79 Å². The van der Waals surface area contributed by atoms with Gasteiger partial charge in [0.1, 0.15) is 5.82 Å². The zero-order chi connectivity index (χ0) is 20.9. The van der Waals surface area contributed by atoms with Gasteiger partial charge in [0.25, 0.3) is 0 Å². The molecule has 1 saturated heterocycles. The molecule has 0 spiro atoms. The van der Waals surface area contributed by atoms with Crippen LogP contribution < -0.4 is 5.32 Å². The van der Waals surface area contributed by atoms with Crippen molar-refractivity contribution >= 4 is 33.4 Å². The molecule has 0 radical (unpaired) electrons. The highest BCUT2D eigenvalue weighted by molar-refractivity contribution is 7.98. The summed E-state index contributed by atoms with van der Waals surface area (Å²) in [5, 5.41) is 2.93. The van der Waals surface area contributed by atoms with Crippen LogP contribution >= 0.6 is 11.8 Å². The summed E-state index contributed by atoms with van der Waals surface area (Å²) in [6, 6.07) is 12.7. The largest absolute Gasteiger partial charge is 0.325 e. The highest BCUT2D eigenvalue weighted by Gasteiger charge is 2.28. The van der Waals surface area contributed by atoms with Crippen LogP contribution in [0.15, 0.2) is 58.3 Å². The molecule has 6 nitrogen and oxygen atoms in total. The summed E-state index contributed by atoms with van der Waals surface area (Å²) >= 11 is 1.57. The molecule has 9 heteroatoms. The first kappa shape index (κ1) is 21.8. The van der Waals surface area contributed by atoms with E-state index in [1.807, 2.05) is 30.5 Å². The van der Waals surface area contributed by atoms with Gasteiger partial charge in [0.2, 0.25) is 15.9 Å². The molecule has 2 aromatic rings. The zero-order valence-electron chi connectivity index (χ0n) is 16.2. The van der Waals surface area contributed by atoms with Crippen LogP contribution in [0.3, 0.4) is 0 Å². The molecule has 1 aliphatic heterocycles. The number of halogens is 1. The maximum atomic E-state index is 13.4. The second-order valence-electron chi connectivity index (χ2n) is 6.70. The average molecular weight is 438 g/mol. The number of amides is 1. The SMILES string of the molecule is CSc1ccccc1NC(=O)CCN1CCN(S(=O)(=O)c2cccc(F)c2)CC1. The minimum absolute atomic E-state index is 0.0298. The van der Waals surface area contributed by atoms with E-state index in [1.165, 1.54) is 22.5 Å². The minimum Gasteiger partial charge on any atom is -0.325 e. The Balaban J connectivity index is 1.49. The minimum atomic E-state index is -3.70. The molecule has 0 atom stereocenters. The number of nitrogens with zero attached hydrogens (tertiary/aromatic N) is 2. The molecule has 0 aromatic heterocycles. The Morgan fingerprint density at radius 2 is 1.83 bits per heavy atom. The van der Waals surface area contributed by atoms with E-state index in [2.05, 4.69) is 10.2 Å². The predicted octanol–water partition coefficient (Wildman–Crippen LogP) is 2.88. The lowest BCUT2D eigenvalue weighted by atomic mass is 10.3. The third-order valence-corrected chi connectivity index (χ3v) is 7.49. The topological polar surface area (TPSA) is 69.7 Å². The lowest BCUT2D eigenvalue weighted by molar-refractivity contribution is -0.116.